The molecule has 0 amide bonds. The Hall–Kier alpha value is -7.02. The zero-order chi connectivity index (χ0) is 31.4. The second-order valence-electron chi connectivity index (χ2n) is 10.8. The van der Waals surface area contributed by atoms with Gasteiger partial charge in [-0.3, -0.25) is 0 Å². The molecule has 0 aliphatic rings. The lowest BCUT2D eigenvalue weighted by atomic mass is 10.1. The van der Waals surface area contributed by atoms with Gasteiger partial charge in [-0.05, 0) is 18.2 Å². The summed E-state index contributed by atoms with van der Waals surface area (Å²) in [7, 11) is 0. The number of hydrogen-bond acceptors (Lipinski definition) is 10. The molecule has 0 unspecified atom stereocenters. The van der Waals surface area contributed by atoms with Crippen LogP contribution >= 0.6 is 0 Å². The van der Waals surface area contributed by atoms with E-state index >= 15 is 0 Å². The molecule has 0 spiro atoms. The summed E-state index contributed by atoms with van der Waals surface area (Å²) in [6, 6.07) is 8.10. The number of nitrogens with zero attached hydrogens (tertiary/aromatic N) is 13. The van der Waals surface area contributed by atoms with Crippen molar-refractivity contribution in [1.29, 1.82) is 5.26 Å². The van der Waals surface area contributed by atoms with Crippen LogP contribution in [0, 0.1) is 11.3 Å². The molecule has 0 radical (unpaired) electrons. The van der Waals surface area contributed by atoms with Crippen LogP contribution in [0.5, 0.6) is 0 Å². The highest BCUT2D eigenvalue weighted by atomic mass is 15.6. The van der Waals surface area contributed by atoms with Gasteiger partial charge in [0.05, 0.1) is 41.7 Å². The fourth-order valence-corrected chi connectivity index (χ4v) is 6.11. The van der Waals surface area contributed by atoms with Crippen LogP contribution in [-0.2, 0) is 5.79 Å². The van der Waals surface area contributed by atoms with Gasteiger partial charge >= 0.3 is 0 Å². The van der Waals surface area contributed by atoms with Crippen molar-refractivity contribution in [3.05, 3.63) is 93.0 Å². The third kappa shape index (κ3) is 4.03. The number of nitriles is 1. The van der Waals surface area contributed by atoms with E-state index in [1.807, 2.05) is 55.4 Å². The van der Waals surface area contributed by atoms with Gasteiger partial charge in [-0.2, -0.15) is 20.6 Å². The standard InChI is InChI=1S/C31H22N16/c32-6-1-5-31(45-13-19(10-42-45)25-22-2-7-33-28(22)39-16-36-25,46-14-20(11-43-46)26-23-3-8-34-29(23)40-17-37-26)47-15-21(12-44-47)27-24-4-9-35-30(24)41-18-38-27/h2-4,7-18H,1,5H2,(H,33,36,39)(H,34,37,40)(H,35,38,41). The number of rotatable bonds is 8. The second-order valence-corrected chi connectivity index (χ2v) is 10.8. The molecule has 9 aromatic heterocycles. The number of hydrogen-bond donors (Lipinski definition) is 3. The monoisotopic (exact) mass is 618 g/mol. The third-order valence-electron chi connectivity index (χ3n) is 8.30. The minimum Gasteiger partial charge on any atom is -0.346 e. The Kier molecular flexibility index (Phi) is 5.77. The molecule has 0 saturated carbocycles. The van der Waals surface area contributed by atoms with E-state index in [0.29, 0.717) is 34.0 Å². The van der Waals surface area contributed by atoms with Gasteiger partial charge in [0.1, 0.15) is 35.9 Å². The Labute approximate surface area is 263 Å². The van der Waals surface area contributed by atoms with Crippen molar-refractivity contribution >= 4 is 33.1 Å². The van der Waals surface area contributed by atoms with Crippen LogP contribution in [0.1, 0.15) is 12.8 Å². The van der Waals surface area contributed by atoms with Crippen LogP contribution in [0.25, 0.3) is 66.9 Å². The van der Waals surface area contributed by atoms with Gasteiger partial charge in [0.25, 0.3) is 0 Å². The first-order valence-electron chi connectivity index (χ1n) is 14.6. The molecule has 0 bridgehead atoms. The van der Waals surface area contributed by atoms with E-state index in [4.69, 9.17) is 15.3 Å². The van der Waals surface area contributed by atoms with Gasteiger partial charge in [-0.1, -0.05) is 0 Å². The minimum absolute atomic E-state index is 0.167. The molecule has 0 fully saturated rings. The fourth-order valence-electron chi connectivity index (χ4n) is 6.11. The van der Waals surface area contributed by atoms with Crippen molar-refractivity contribution in [2.45, 2.75) is 18.6 Å². The molecule has 226 valence electrons. The molecular weight excluding hydrogens is 596 g/mol. The number of H-pyrrole nitrogens is 3. The quantitative estimate of drug-likeness (QED) is 0.222. The molecule has 9 rings (SSSR count). The van der Waals surface area contributed by atoms with E-state index in [2.05, 4.69) is 50.9 Å². The molecule has 9 aromatic rings. The highest BCUT2D eigenvalue weighted by molar-refractivity contribution is 5.91. The zero-order valence-electron chi connectivity index (χ0n) is 24.4. The van der Waals surface area contributed by atoms with Gasteiger partial charge in [0.2, 0.25) is 5.79 Å². The molecule has 47 heavy (non-hydrogen) atoms. The molecule has 0 aliphatic carbocycles. The van der Waals surface area contributed by atoms with Gasteiger partial charge in [0, 0.05) is 82.9 Å². The van der Waals surface area contributed by atoms with Crippen LogP contribution in [0.2, 0.25) is 0 Å². The van der Waals surface area contributed by atoms with Gasteiger partial charge in [-0.15, -0.1) is 0 Å². The third-order valence-corrected chi connectivity index (χ3v) is 8.30. The summed E-state index contributed by atoms with van der Waals surface area (Å²) in [6.07, 6.45) is 21.3. The van der Waals surface area contributed by atoms with Crippen molar-refractivity contribution in [3.63, 3.8) is 0 Å². The first-order valence-corrected chi connectivity index (χ1v) is 14.6. The molecule has 9 heterocycles. The maximum absolute atomic E-state index is 9.90. The van der Waals surface area contributed by atoms with E-state index in [0.717, 1.165) is 32.8 Å². The zero-order valence-corrected chi connectivity index (χ0v) is 24.4. The summed E-state index contributed by atoms with van der Waals surface area (Å²) in [6.45, 7) is 0. The molecule has 0 atom stereocenters. The van der Waals surface area contributed by atoms with Crippen molar-refractivity contribution in [3.8, 4) is 39.8 Å². The summed E-state index contributed by atoms with van der Waals surface area (Å²) in [5.41, 5.74) is 6.56. The summed E-state index contributed by atoms with van der Waals surface area (Å²) >= 11 is 0. The van der Waals surface area contributed by atoms with E-state index in [1.165, 1.54) is 19.0 Å². The predicted octanol–water partition coefficient (Wildman–Crippen LogP) is 4.10. The van der Waals surface area contributed by atoms with Crippen LogP contribution < -0.4 is 0 Å². The van der Waals surface area contributed by atoms with Gasteiger partial charge in [0.15, 0.2) is 0 Å². The second kappa shape index (κ2) is 10.3. The summed E-state index contributed by atoms with van der Waals surface area (Å²) in [5.74, 6) is -1.25. The van der Waals surface area contributed by atoms with E-state index in [1.54, 1.807) is 32.6 Å². The summed E-state index contributed by atoms with van der Waals surface area (Å²) < 4.78 is 5.31. The summed E-state index contributed by atoms with van der Waals surface area (Å²) in [5, 5.41) is 27.1. The lowest BCUT2D eigenvalue weighted by Gasteiger charge is -2.34. The molecule has 3 N–H and O–H groups in total. The average Bonchev–Trinajstić information content (AvgIpc) is 3.94. The predicted molar refractivity (Wildman–Crippen MR) is 169 cm³/mol. The number of nitrogens with one attached hydrogen (secondary N) is 3. The van der Waals surface area contributed by atoms with Crippen molar-refractivity contribution < 1.29 is 0 Å². The van der Waals surface area contributed by atoms with Crippen LogP contribution in [0.3, 0.4) is 0 Å². The van der Waals surface area contributed by atoms with E-state index < -0.39 is 5.79 Å². The van der Waals surface area contributed by atoms with Gasteiger partial charge < -0.3 is 15.0 Å². The number of fused-ring (bicyclic) bond motifs is 3. The SMILES string of the molecule is N#CCCC(n1cc(-c2ncnc3[nH]ccc23)cn1)(n1cc(-c2ncnc3[nH]ccc23)cn1)n1cc(-c2ncnc3[nH]ccc23)cn1. The number of aromatic amines is 3. The van der Waals surface area contributed by atoms with Crippen LogP contribution in [-0.4, -0.2) is 74.2 Å². The topological polar surface area (TPSA) is 202 Å². The van der Waals surface area contributed by atoms with Gasteiger partial charge in [-0.25, -0.2) is 43.9 Å². The maximum atomic E-state index is 9.90. The molecule has 0 aliphatic heterocycles. The minimum atomic E-state index is -1.25. The Balaban J connectivity index is 1.26. The van der Waals surface area contributed by atoms with E-state index in [9.17, 15) is 5.26 Å². The maximum Gasteiger partial charge on any atom is 0.249 e. The Bertz CT molecular complexity index is 2310. The van der Waals surface area contributed by atoms with Crippen LogP contribution in [0.4, 0.5) is 0 Å². The normalized spacial score (nSPS) is 12.0. The van der Waals surface area contributed by atoms with Crippen LogP contribution in [0.15, 0.2) is 93.0 Å². The average molecular weight is 619 g/mol. The lowest BCUT2D eigenvalue weighted by Crippen LogP contribution is -2.49. The first kappa shape index (κ1) is 26.4. The Morgan fingerprint density at radius 3 is 1.32 bits per heavy atom. The van der Waals surface area contributed by atoms with Crippen molar-refractivity contribution in [2.24, 2.45) is 0 Å². The molecule has 16 nitrogen and oxygen atoms in total. The highest BCUT2D eigenvalue weighted by Crippen LogP contribution is 2.34. The van der Waals surface area contributed by atoms with Crippen molar-refractivity contribution in [1.82, 2.24) is 74.2 Å². The molecule has 0 aromatic carbocycles. The highest BCUT2D eigenvalue weighted by Gasteiger charge is 2.40. The Morgan fingerprint density at radius 2 is 0.957 bits per heavy atom. The molecule has 16 heteroatoms. The molecule has 0 saturated heterocycles. The summed E-state index contributed by atoms with van der Waals surface area (Å²) in [4.78, 5) is 36.1. The molecular formula is C31H22N16. The number of aromatic nitrogens is 15. The van der Waals surface area contributed by atoms with E-state index in [-0.39, 0.29) is 12.8 Å². The smallest absolute Gasteiger partial charge is 0.249 e. The fraction of sp³-hybridized carbons (Fsp3) is 0.0968. The lowest BCUT2D eigenvalue weighted by molar-refractivity contribution is 0.105. The van der Waals surface area contributed by atoms with Crippen molar-refractivity contribution in [2.75, 3.05) is 0 Å². The Morgan fingerprint density at radius 1 is 0.574 bits per heavy atom. The largest absolute Gasteiger partial charge is 0.346 e. The first-order chi connectivity index (χ1) is 23.2.